The molecule has 2 aliphatic heterocycles. The molecular weight excluding hydrogens is 289 g/mol. The Bertz CT molecular complexity index is 690. The fourth-order valence-corrected chi connectivity index (χ4v) is 3.67. The van der Waals surface area contributed by atoms with E-state index in [1.807, 2.05) is 18.2 Å². The molecule has 2 nitrogen and oxygen atoms in total. The molecule has 1 saturated heterocycles. The third kappa shape index (κ3) is 2.21. The number of anilines is 1. The molecule has 0 aromatic heterocycles. The molecule has 3 atom stereocenters. The van der Waals surface area contributed by atoms with E-state index in [1.165, 1.54) is 6.07 Å². The van der Waals surface area contributed by atoms with Gasteiger partial charge in [-0.15, -0.1) is 0 Å². The highest BCUT2D eigenvalue weighted by Gasteiger charge is 2.41. The lowest BCUT2D eigenvalue weighted by Crippen LogP contribution is -2.29. The zero-order valence-corrected chi connectivity index (χ0v) is 12.1. The highest BCUT2D eigenvalue weighted by Crippen LogP contribution is 2.50. The van der Waals surface area contributed by atoms with Crippen LogP contribution in [0.25, 0.3) is 0 Å². The second-order valence-electron chi connectivity index (χ2n) is 5.65. The summed E-state index contributed by atoms with van der Waals surface area (Å²) in [6.45, 7) is 0.712. The fraction of sp³-hybridized carbons (Fsp3) is 0.294. The van der Waals surface area contributed by atoms with Crippen LogP contribution in [-0.2, 0) is 4.74 Å². The Morgan fingerprint density at radius 3 is 2.95 bits per heavy atom. The molecule has 4 heteroatoms. The van der Waals surface area contributed by atoms with Crippen LogP contribution in [0.1, 0.15) is 29.7 Å². The Labute approximate surface area is 127 Å². The van der Waals surface area contributed by atoms with Crippen molar-refractivity contribution in [3.63, 3.8) is 0 Å². The number of benzene rings is 2. The van der Waals surface area contributed by atoms with E-state index in [0.717, 1.165) is 28.3 Å². The zero-order valence-electron chi connectivity index (χ0n) is 11.4. The maximum atomic E-state index is 13.5. The van der Waals surface area contributed by atoms with Crippen molar-refractivity contribution in [2.24, 2.45) is 5.92 Å². The minimum Gasteiger partial charge on any atom is -0.378 e. The SMILES string of the molecule is Fc1ccc2c(c1)[C@@H]1OCC[C@@H]1[C@H](c1cccc(Cl)c1)N2. The quantitative estimate of drug-likeness (QED) is 0.823. The molecule has 0 saturated carbocycles. The van der Waals surface area contributed by atoms with Crippen molar-refractivity contribution >= 4 is 17.3 Å². The molecule has 1 N–H and O–H groups in total. The number of ether oxygens (including phenoxy) is 1. The molecule has 2 heterocycles. The van der Waals surface area contributed by atoms with E-state index >= 15 is 0 Å². The first-order valence-corrected chi connectivity index (χ1v) is 7.53. The number of halogens is 2. The average Bonchev–Trinajstić information content (AvgIpc) is 2.96. The molecule has 0 aliphatic carbocycles. The van der Waals surface area contributed by atoms with Gasteiger partial charge in [0, 0.05) is 28.8 Å². The van der Waals surface area contributed by atoms with Gasteiger partial charge in [-0.2, -0.15) is 0 Å². The Balaban J connectivity index is 1.79. The van der Waals surface area contributed by atoms with E-state index in [2.05, 4.69) is 11.4 Å². The number of hydrogen-bond acceptors (Lipinski definition) is 2. The average molecular weight is 304 g/mol. The summed E-state index contributed by atoms with van der Waals surface area (Å²) in [6.07, 6.45) is 0.922. The van der Waals surface area contributed by atoms with Crippen molar-refractivity contribution in [1.82, 2.24) is 0 Å². The van der Waals surface area contributed by atoms with Gasteiger partial charge in [0.1, 0.15) is 5.82 Å². The van der Waals surface area contributed by atoms with Crippen molar-refractivity contribution in [2.75, 3.05) is 11.9 Å². The van der Waals surface area contributed by atoms with Gasteiger partial charge >= 0.3 is 0 Å². The number of rotatable bonds is 1. The molecule has 1 fully saturated rings. The van der Waals surface area contributed by atoms with Crippen molar-refractivity contribution < 1.29 is 9.13 Å². The zero-order chi connectivity index (χ0) is 14.4. The minimum atomic E-state index is -0.217. The molecule has 0 amide bonds. The second kappa shape index (κ2) is 5.00. The number of nitrogens with one attached hydrogen (secondary N) is 1. The molecule has 0 radical (unpaired) electrons. The summed E-state index contributed by atoms with van der Waals surface area (Å²) < 4.78 is 19.4. The summed E-state index contributed by atoms with van der Waals surface area (Å²) in [6, 6.07) is 12.9. The van der Waals surface area contributed by atoms with Gasteiger partial charge in [-0.05, 0) is 42.3 Å². The van der Waals surface area contributed by atoms with Gasteiger partial charge < -0.3 is 10.1 Å². The standard InChI is InChI=1S/C17H15ClFNO/c18-11-3-1-2-10(8-11)16-13-6-7-21-17(13)14-9-12(19)4-5-15(14)20-16/h1-5,8-9,13,16-17,20H,6-7H2/t13-,16+,17-/m1/s1. The maximum absolute atomic E-state index is 13.5. The van der Waals surface area contributed by atoms with Crippen LogP contribution in [-0.4, -0.2) is 6.61 Å². The molecular formula is C17H15ClFNO. The molecule has 0 unspecified atom stereocenters. The van der Waals surface area contributed by atoms with E-state index in [4.69, 9.17) is 16.3 Å². The normalized spacial score (nSPS) is 26.9. The summed E-state index contributed by atoms with van der Waals surface area (Å²) >= 11 is 6.12. The Kier molecular flexibility index (Phi) is 3.12. The molecule has 21 heavy (non-hydrogen) atoms. The van der Waals surface area contributed by atoms with Crippen LogP contribution >= 0.6 is 11.6 Å². The fourth-order valence-electron chi connectivity index (χ4n) is 3.47. The highest BCUT2D eigenvalue weighted by atomic mass is 35.5. The lowest BCUT2D eigenvalue weighted by atomic mass is 9.81. The van der Waals surface area contributed by atoms with E-state index in [9.17, 15) is 4.39 Å². The monoisotopic (exact) mass is 303 g/mol. The smallest absolute Gasteiger partial charge is 0.123 e. The summed E-state index contributed by atoms with van der Waals surface area (Å²) in [4.78, 5) is 0. The van der Waals surface area contributed by atoms with Crippen molar-refractivity contribution in [3.05, 3.63) is 64.4 Å². The molecule has 0 bridgehead atoms. The first-order chi connectivity index (χ1) is 10.2. The number of fused-ring (bicyclic) bond motifs is 3. The Morgan fingerprint density at radius 2 is 2.10 bits per heavy atom. The van der Waals surface area contributed by atoms with E-state index in [1.54, 1.807) is 12.1 Å². The molecule has 0 spiro atoms. The molecule has 2 aromatic rings. The highest BCUT2D eigenvalue weighted by molar-refractivity contribution is 6.30. The van der Waals surface area contributed by atoms with Crippen LogP contribution < -0.4 is 5.32 Å². The van der Waals surface area contributed by atoms with Crippen LogP contribution in [0.15, 0.2) is 42.5 Å². The van der Waals surface area contributed by atoms with Gasteiger partial charge in [-0.25, -0.2) is 4.39 Å². The Hall–Kier alpha value is -1.58. The maximum Gasteiger partial charge on any atom is 0.123 e. The van der Waals surface area contributed by atoms with E-state index < -0.39 is 0 Å². The first kappa shape index (κ1) is 13.1. The lowest BCUT2D eigenvalue weighted by Gasteiger charge is -2.36. The van der Waals surface area contributed by atoms with Crippen LogP contribution in [0.3, 0.4) is 0 Å². The lowest BCUT2D eigenvalue weighted by molar-refractivity contribution is 0.0826. The van der Waals surface area contributed by atoms with Gasteiger partial charge in [0.25, 0.3) is 0 Å². The van der Waals surface area contributed by atoms with E-state index in [-0.39, 0.29) is 18.0 Å². The molecule has 2 aromatic carbocycles. The molecule has 2 aliphatic rings. The molecule has 108 valence electrons. The summed E-state index contributed by atoms with van der Waals surface area (Å²) in [5.41, 5.74) is 3.03. The summed E-state index contributed by atoms with van der Waals surface area (Å²) in [5, 5.41) is 4.26. The number of hydrogen-bond donors (Lipinski definition) is 1. The van der Waals surface area contributed by atoms with Crippen LogP contribution in [0.4, 0.5) is 10.1 Å². The van der Waals surface area contributed by atoms with Crippen LogP contribution in [0.5, 0.6) is 0 Å². The predicted octanol–water partition coefficient (Wildman–Crippen LogP) is 4.72. The predicted molar refractivity (Wildman–Crippen MR) is 81.0 cm³/mol. The summed E-state index contributed by atoms with van der Waals surface area (Å²) in [5.74, 6) is 0.0868. The molecule has 4 rings (SSSR count). The second-order valence-corrected chi connectivity index (χ2v) is 6.09. The third-order valence-corrected chi connectivity index (χ3v) is 4.64. The summed E-state index contributed by atoms with van der Waals surface area (Å²) in [7, 11) is 0. The topological polar surface area (TPSA) is 21.3 Å². The van der Waals surface area contributed by atoms with Crippen LogP contribution in [0.2, 0.25) is 5.02 Å². The third-order valence-electron chi connectivity index (χ3n) is 4.40. The van der Waals surface area contributed by atoms with Gasteiger partial charge in [-0.3, -0.25) is 0 Å². The van der Waals surface area contributed by atoms with Crippen molar-refractivity contribution in [1.29, 1.82) is 0 Å². The van der Waals surface area contributed by atoms with Crippen molar-refractivity contribution in [3.8, 4) is 0 Å². The van der Waals surface area contributed by atoms with Gasteiger partial charge in [0.2, 0.25) is 0 Å². The van der Waals surface area contributed by atoms with E-state index in [0.29, 0.717) is 12.5 Å². The first-order valence-electron chi connectivity index (χ1n) is 7.15. The minimum absolute atomic E-state index is 0.0408. The van der Waals surface area contributed by atoms with Gasteiger partial charge in [0.15, 0.2) is 0 Å². The van der Waals surface area contributed by atoms with Gasteiger partial charge in [0.05, 0.1) is 12.1 Å². The Morgan fingerprint density at radius 1 is 1.19 bits per heavy atom. The van der Waals surface area contributed by atoms with Crippen molar-refractivity contribution in [2.45, 2.75) is 18.6 Å². The van der Waals surface area contributed by atoms with Crippen LogP contribution in [0, 0.1) is 11.7 Å². The largest absolute Gasteiger partial charge is 0.378 e. The van der Waals surface area contributed by atoms with Gasteiger partial charge in [-0.1, -0.05) is 23.7 Å².